The Labute approximate surface area is 183 Å². The highest BCUT2D eigenvalue weighted by atomic mass is 32.2. The molecule has 172 valence electrons. The maximum Gasteiger partial charge on any atom is 0.416 e. The average Bonchev–Trinajstić information content (AvgIpc) is 3.25. The fraction of sp³-hybridized carbons (Fsp3) is 0.333. The summed E-state index contributed by atoms with van der Waals surface area (Å²) in [7, 11) is -4.08. The van der Waals surface area contributed by atoms with Crippen LogP contribution < -0.4 is 9.62 Å². The zero-order valence-corrected chi connectivity index (χ0v) is 18.0. The second-order valence-electron chi connectivity index (χ2n) is 7.41. The van der Waals surface area contributed by atoms with Gasteiger partial charge >= 0.3 is 6.18 Å². The molecule has 1 aliphatic heterocycles. The van der Waals surface area contributed by atoms with Crippen LogP contribution >= 0.6 is 0 Å². The van der Waals surface area contributed by atoms with Crippen LogP contribution in [0.25, 0.3) is 0 Å². The van der Waals surface area contributed by atoms with Gasteiger partial charge in [-0.05, 0) is 43.2 Å². The van der Waals surface area contributed by atoms with Crippen LogP contribution in [0.3, 0.4) is 0 Å². The lowest BCUT2D eigenvalue weighted by Gasteiger charge is -2.23. The lowest BCUT2D eigenvalue weighted by molar-refractivity contribution is -0.137. The number of amides is 2. The van der Waals surface area contributed by atoms with E-state index in [4.69, 9.17) is 0 Å². The first-order valence-corrected chi connectivity index (χ1v) is 11.6. The van der Waals surface area contributed by atoms with Crippen molar-refractivity contribution in [3.63, 3.8) is 0 Å². The van der Waals surface area contributed by atoms with Gasteiger partial charge in [-0.3, -0.25) is 13.9 Å². The minimum Gasteiger partial charge on any atom is -0.339 e. The molecule has 0 radical (unpaired) electrons. The first kappa shape index (κ1) is 23.6. The maximum absolute atomic E-state index is 13.0. The molecule has 0 atom stereocenters. The van der Waals surface area contributed by atoms with Crippen LogP contribution in [-0.2, 0) is 21.0 Å². The number of halogens is 3. The minimum absolute atomic E-state index is 0.201. The van der Waals surface area contributed by atoms with Gasteiger partial charge in [0.15, 0.2) is 0 Å². The number of likely N-dealkylation sites (tertiary alicyclic amines) is 1. The van der Waals surface area contributed by atoms with Gasteiger partial charge in [0.2, 0.25) is 15.9 Å². The quantitative estimate of drug-likeness (QED) is 0.703. The Balaban J connectivity index is 1.83. The van der Waals surface area contributed by atoms with Crippen LogP contribution in [0.15, 0.2) is 48.5 Å². The first-order valence-electron chi connectivity index (χ1n) is 9.80. The van der Waals surface area contributed by atoms with Crippen LogP contribution in [0.5, 0.6) is 0 Å². The SMILES string of the molecule is CS(=O)(=O)N(CC(=O)Nc1ccccc1C(=O)N1CCCC1)c1cccc(C(F)(F)F)c1. The Morgan fingerprint density at radius 3 is 2.34 bits per heavy atom. The second kappa shape index (κ2) is 9.19. The van der Waals surface area contributed by atoms with E-state index >= 15 is 0 Å². The maximum atomic E-state index is 13.0. The molecule has 2 aromatic carbocycles. The highest BCUT2D eigenvalue weighted by molar-refractivity contribution is 7.92. The summed E-state index contributed by atoms with van der Waals surface area (Å²) in [6.45, 7) is 0.462. The molecule has 7 nitrogen and oxygen atoms in total. The molecule has 32 heavy (non-hydrogen) atoms. The third kappa shape index (κ3) is 5.58. The molecule has 3 rings (SSSR count). The van der Waals surface area contributed by atoms with E-state index in [-0.39, 0.29) is 22.8 Å². The molecule has 1 fully saturated rings. The van der Waals surface area contributed by atoms with Crippen molar-refractivity contribution >= 4 is 33.2 Å². The fourth-order valence-electron chi connectivity index (χ4n) is 3.43. The number of alkyl halides is 3. The van der Waals surface area contributed by atoms with Crippen molar-refractivity contribution in [3.05, 3.63) is 59.7 Å². The van der Waals surface area contributed by atoms with E-state index in [9.17, 15) is 31.2 Å². The minimum atomic E-state index is -4.67. The average molecular weight is 469 g/mol. The number of rotatable bonds is 6. The number of benzene rings is 2. The molecule has 0 saturated carbocycles. The summed E-state index contributed by atoms with van der Waals surface area (Å²) < 4.78 is 64.2. The van der Waals surface area contributed by atoms with Gasteiger partial charge in [0, 0.05) is 13.1 Å². The highest BCUT2D eigenvalue weighted by Crippen LogP contribution is 2.32. The number of hydrogen-bond acceptors (Lipinski definition) is 4. The lowest BCUT2D eigenvalue weighted by Crippen LogP contribution is -2.38. The van der Waals surface area contributed by atoms with Crippen molar-refractivity contribution in [2.24, 2.45) is 0 Å². The highest BCUT2D eigenvalue weighted by Gasteiger charge is 2.32. The molecule has 1 N–H and O–H groups in total. The largest absolute Gasteiger partial charge is 0.416 e. The summed E-state index contributed by atoms with van der Waals surface area (Å²) in [6.07, 6.45) is -2.09. The van der Waals surface area contributed by atoms with Crippen molar-refractivity contribution in [2.45, 2.75) is 19.0 Å². The number of nitrogens with one attached hydrogen (secondary N) is 1. The van der Waals surface area contributed by atoms with Crippen LogP contribution in [0.4, 0.5) is 24.5 Å². The summed E-state index contributed by atoms with van der Waals surface area (Å²) in [5.41, 5.74) is -0.871. The summed E-state index contributed by atoms with van der Waals surface area (Å²) in [5.74, 6) is -1.05. The van der Waals surface area contributed by atoms with E-state index in [0.29, 0.717) is 23.5 Å². The van der Waals surface area contributed by atoms with Crippen LogP contribution in [0.1, 0.15) is 28.8 Å². The van der Waals surface area contributed by atoms with Crippen molar-refractivity contribution < 1.29 is 31.2 Å². The van der Waals surface area contributed by atoms with Gasteiger partial charge < -0.3 is 10.2 Å². The Hall–Kier alpha value is -3.08. The summed E-state index contributed by atoms with van der Waals surface area (Å²) in [4.78, 5) is 27.1. The summed E-state index contributed by atoms with van der Waals surface area (Å²) in [5, 5.41) is 2.52. The van der Waals surface area contributed by atoms with E-state index in [1.54, 1.807) is 23.1 Å². The molecule has 2 amide bonds. The molecule has 2 aromatic rings. The van der Waals surface area contributed by atoms with Gasteiger partial charge in [-0.25, -0.2) is 8.42 Å². The van der Waals surface area contributed by atoms with E-state index in [1.807, 2.05) is 0 Å². The van der Waals surface area contributed by atoms with Gasteiger partial charge in [-0.1, -0.05) is 18.2 Å². The summed E-state index contributed by atoms with van der Waals surface area (Å²) >= 11 is 0. The number of nitrogens with zero attached hydrogens (tertiary/aromatic N) is 2. The number of carbonyl (C=O) groups excluding carboxylic acids is 2. The molecule has 11 heteroatoms. The Morgan fingerprint density at radius 1 is 1.06 bits per heavy atom. The molecule has 0 aromatic heterocycles. The van der Waals surface area contributed by atoms with Crippen molar-refractivity contribution in [2.75, 3.05) is 35.5 Å². The Morgan fingerprint density at radius 2 is 1.72 bits per heavy atom. The van der Waals surface area contributed by atoms with Gasteiger partial charge in [0.25, 0.3) is 5.91 Å². The monoisotopic (exact) mass is 469 g/mol. The molecular formula is C21H22F3N3O4S. The van der Waals surface area contributed by atoms with E-state index in [0.717, 1.165) is 31.2 Å². The lowest BCUT2D eigenvalue weighted by atomic mass is 10.1. The molecular weight excluding hydrogens is 447 g/mol. The van der Waals surface area contributed by atoms with Gasteiger partial charge in [0.05, 0.1) is 28.8 Å². The van der Waals surface area contributed by atoms with Crippen molar-refractivity contribution in [1.82, 2.24) is 4.90 Å². The predicted molar refractivity (Wildman–Crippen MR) is 114 cm³/mol. The number of carbonyl (C=O) groups is 2. The molecule has 0 aliphatic carbocycles. The normalized spacial score (nSPS) is 14.3. The fourth-order valence-corrected chi connectivity index (χ4v) is 4.28. The Bertz CT molecular complexity index is 1110. The van der Waals surface area contributed by atoms with Gasteiger partial charge in [-0.15, -0.1) is 0 Å². The topological polar surface area (TPSA) is 86.8 Å². The standard InChI is InChI=1S/C21H22F3N3O4S/c1-32(30,31)27(16-8-6-7-15(13-16)21(22,23)24)14-19(28)25-18-10-3-2-9-17(18)20(29)26-11-4-5-12-26/h2-3,6-10,13H,4-5,11-12,14H2,1H3,(H,25,28). The van der Waals surface area contributed by atoms with Gasteiger partial charge in [0.1, 0.15) is 6.54 Å². The van der Waals surface area contributed by atoms with Gasteiger partial charge in [-0.2, -0.15) is 13.2 Å². The molecule has 0 spiro atoms. The zero-order valence-electron chi connectivity index (χ0n) is 17.2. The Kier molecular flexibility index (Phi) is 6.77. The number of sulfonamides is 1. The van der Waals surface area contributed by atoms with Crippen molar-refractivity contribution in [1.29, 1.82) is 0 Å². The molecule has 0 unspecified atom stereocenters. The van der Waals surface area contributed by atoms with Crippen LogP contribution in [0, 0.1) is 0 Å². The molecule has 0 bridgehead atoms. The van der Waals surface area contributed by atoms with Crippen molar-refractivity contribution in [3.8, 4) is 0 Å². The third-order valence-electron chi connectivity index (χ3n) is 4.97. The van der Waals surface area contributed by atoms with E-state index in [2.05, 4.69) is 5.32 Å². The third-order valence-corrected chi connectivity index (χ3v) is 6.11. The zero-order chi connectivity index (χ0) is 23.5. The van der Waals surface area contributed by atoms with E-state index in [1.165, 1.54) is 12.1 Å². The molecule has 1 saturated heterocycles. The predicted octanol–water partition coefficient (Wildman–Crippen LogP) is 3.35. The first-order chi connectivity index (χ1) is 15.0. The number of hydrogen-bond donors (Lipinski definition) is 1. The summed E-state index contributed by atoms with van der Waals surface area (Å²) in [6, 6.07) is 10.0. The number of anilines is 2. The van der Waals surface area contributed by atoms with Crippen LogP contribution in [0.2, 0.25) is 0 Å². The number of para-hydroxylation sites is 1. The molecule has 1 heterocycles. The molecule has 1 aliphatic rings. The van der Waals surface area contributed by atoms with E-state index < -0.39 is 34.2 Å². The second-order valence-corrected chi connectivity index (χ2v) is 9.32. The smallest absolute Gasteiger partial charge is 0.339 e. The van der Waals surface area contributed by atoms with Crippen LogP contribution in [-0.4, -0.2) is 51.0 Å².